The van der Waals surface area contributed by atoms with Gasteiger partial charge in [-0.05, 0) is 80.8 Å². The van der Waals surface area contributed by atoms with Gasteiger partial charge in [0.15, 0.2) is 23.1 Å². The molecule has 52 heavy (non-hydrogen) atoms. The van der Waals surface area contributed by atoms with Gasteiger partial charge in [0.25, 0.3) is 0 Å². The van der Waals surface area contributed by atoms with Gasteiger partial charge in [-0.1, -0.05) is 109 Å². The van der Waals surface area contributed by atoms with Crippen LogP contribution < -0.4 is 0 Å². The SMILES string of the molecule is c1ccc(-c2nc3c(ccc4oc5ccc6c(-c7nc(-c8ccc9ccccc9c8)nc(-c8ccc9ccccc9c8)n7)cccc6c5c43)o2)cc1. The van der Waals surface area contributed by atoms with Crippen LogP contribution in [0.5, 0.6) is 0 Å². The fourth-order valence-electron chi connectivity index (χ4n) is 7.41. The van der Waals surface area contributed by atoms with E-state index in [1.54, 1.807) is 0 Å². The van der Waals surface area contributed by atoms with Crippen LogP contribution in [0.4, 0.5) is 0 Å². The molecule has 0 N–H and O–H groups in total. The Balaban J connectivity index is 1.15. The number of benzene rings is 8. The van der Waals surface area contributed by atoms with Crippen LogP contribution in [0.2, 0.25) is 0 Å². The molecule has 0 aliphatic carbocycles. The molecule has 11 rings (SSSR count). The third kappa shape index (κ3) is 4.51. The average molecular weight is 667 g/mol. The van der Waals surface area contributed by atoms with Crippen molar-refractivity contribution in [2.75, 3.05) is 0 Å². The van der Waals surface area contributed by atoms with E-state index in [1.165, 1.54) is 0 Å². The van der Waals surface area contributed by atoms with Crippen molar-refractivity contribution in [3.05, 3.63) is 158 Å². The van der Waals surface area contributed by atoms with Gasteiger partial charge in [-0.25, -0.2) is 19.9 Å². The van der Waals surface area contributed by atoms with Gasteiger partial charge in [0.1, 0.15) is 16.7 Å². The maximum atomic E-state index is 6.43. The summed E-state index contributed by atoms with van der Waals surface area (Å²) < 4.78 is 12.7. The molecule has 0 aliphatic heterocycles. The van der Waals surface area contributed by atoms with Gasteiger partial charge in [-0.2, -0.15) is 0 Å². The lowest BCUT2D eigenvalue weighted by Gasteiger charge is -2.11. The summed E-state index contributed by atoms with van der Waals surface area (Å²) in [6.45, 7) is 0. The standard InChI is InChI=1S/C46H26N4O2/c1-2-11-29(12-3-1)46-47-42-39(52-46)24-23-38-41(42)40-35-15-8-16-36(34(35)21-22-37(40)51-38)45-49-43(32-19-17-27-9-4-6-13-30(27)25-32)48-44(50-45)33-20-18-28-10-5-7-14-31(28)26-33/h1-26H. The van der Waals surface area contributed by atoms with Crippen molar-refractivity contribution in [3.63, 3.8) is 0 Å². The number of hydrogen-bond acceptors (Lipinski definition) is 6. The molecule has 0 radical (unpaired) electrons. The molecule has 3 aromatic heterocycles. The highest BCUT2D eigenvalue weighted by atomic mass is 16.4. The van der Waals surface area contributed by atoms with E-state index in [-0.39, 0.29) is 0 Å². The minimum absolute atomic E-state index is 0.575. The maximum Gasteiger partial charge on any atom is 0.227 e. The van der Waals surface area contributed by atoms with Crippen molar-refractivity contribution in [1.82, 2.24) is 19.9 Å². The van der Waals surface area contributed by atoms with E-state index in [1.807, 2.05) is 48.5 Å². The monoisotopic (exact) mass is 666 g/mol. The number of hydrogen-bond donors (Lipinski definition) is 0. The van der Waals surface area contributed by atoms with Crippen LogP contribution in [0.1, 0.15) is 0 Å². The van der Waals surface area contributed by atoms with Crippen molar-refractivity contribution in [2.45, 2.75) is 0 Å². The van der Waals surface area contributed by atoms with E-state index < -0.39 is 0 Å². The molecule has 0 aliphatic rings. The topological polar surface area (TPSA) is 77.8 Å². The first-order chi connectivity index (χ1) is 25.7. The van der Waals surface area contributed by atoms with Gasteiger partial charge in [-0.15, -0.1) is 0 Å². The summed E-state index contributed by atoms with van der Waals surface area (Å²) in [5.41, 5.74) is 6.69. The molecule has 8 aromatic carbocycles. The first kappa shape index (κ1) is 28.6. The lowest BCUT2D eigenvalue weighted by atomic mass is 9.98. The summed E-state index contributed by atoms with van der Waals surface area (Å²) in [5, 5.41) is 8.51. The Kier molecular flexibility index (Phi) is 6.15. The number of rotatable bonds is 4. The van der Waals surface area contributed by atoms with Crippen molar-refractivity contribution >= 4 is 65.4 Å². The second-order valence-corrected chi connectivity index (χ2v) is 13.0. The zero-order chi connectivity index (χ0) is 34.2. The van der Waals surface area contributed by atoms with Crippen LogP contribution in [0.15, 0.2) is 167 Å². The Bertz CT molecular complexity index is 3100. The van der Waals surface area contributed by atoms with Gasteiger partial charge in [0.05, 0.1) is 5.39 Å². The molecule has 0 bridgehead atoms. The second kappa shape index (κ2) is 11.2. The fraction of sp³-hybridized carbons (Fsp3) is 0. The number of nitrogens with zero attached hydrogens (tertiary/aromatic N) is 4. The molecule has 11 aromatic rings. The smallest absolute Gasteiger partial charge is 0.227 e. The molecule has 0 saturated carbocycles. The number of oxazole rings is 1. The summed E-state index contributed by atoms with van der Waals surface area (Å²) in [6.07, 6.45) is 0. The highest BCUT2D eigenvalue weighted by Gasteiger charge is 2.21. The first-order valence-electron chi connectivity index (χ1n) is 17.2. The predicted octanol–water partition coefficient (Wildman–Crippen LogP) is 12.0. The van der Waals surface area contributed by atoms with Crippen LogP contribution in [0, 0.1) is 0 Å². The summed E-state index contributed by atoms with van der Waals surface area (Å²) in [4.78, 5) is 20.4. The molecule has 0 fully saturated rings. The quantitative estimate of drug-likeness (QED) is 0.186. The third-order valence-electron chi connectivity index (χ3n) is 9.93. The van der Waals surface area contributed by atoms with E-state index in [9.17, 15) is 0 Å². The summed E-state index contributed by atoms with van der Waals surface area (Å²) in [6, 6.07) is 53.6. The van der Waals surface area contributed by atoms with Crippen LogP contribution in [-0.2, 0) is 0 Å². The molecule has 6 nitrogen and oxygen atoms in total. The van der Waals surface area contributed by atoms with Crippen molar-refractivity contribution in [1.29, 1.82) is 0 Å². The van der Waals surface area contributed by atoms with Crippen LogP contribution in [-0.4, -0.2) is 19.9 Å². The highest BCUT2D eigenvalue weighted by molar-refractivity contribution is 6.26. The summed E-state index contributed by atoms with van der Waals surface area (Å²) >= 11 is 0. The van der Waals surface area contributed by atoms with E-state index in [0.717, 1.165) is 82.0 Å². The van der Waals surface area contributed by atoms with Crippen molar-refractivity contribution in [2.24, 2.45) is 0 Å². The minimum Gasteiger partial charge on any atom is -0.456 e. The average Bonchev–Trinajstić information content (AvgIpc) is 3.83. The lowest BCUT2D eigenvalue weighted by Crippen LogP contribution is -2.00. The Morgan fingerprint density at radius 3 is 1.65 bits per heavy atom. The predicted molar refractivity (Wildman–Crippen MR) is 209 cm³/mol. The molecule has 3 heterocycles. The zero-order valence-corrected chi connectivity index (χ0v) is 27.6. The Morgan fingerprint density at radius 2 is 0.942 bits per heavy atom. The van der Waals surface area contributed by atoms with E-state index in [0.29, 0.717) is 28.9 Å². The number of fused-ring (bicyclic) bond motifs is 9. The lowest BCUT2D eigenvalue weighted by molar-refractivity contribution is 0.619. The van der Waals surface area contributed by atoms with E-state index in [4.69, 9.17) is 28.8 Å². The Morgan fingerprint density at radius 1 is 0.346 bits per heavy atom. The second-order valence-electron chi connectivity index (χ2n) is 13.0. The van der Waals surface area contributed by atoms with Gasteiger partial charge in [-0.3, -0.25) is 0 Å². The fourth-order valence-corrected chi connectivity index (χ4v) is 7.41. The minimum atomic E-state index is 0.575. The molecule has 0 amide bonds. The highest BCUT2D eigenvalue weighted by Crippen LogP contribution is 2.42. The molecular formula is C46H26N4O2. The number of furan rings is 1. The normalized spacial score (nSPS) is 11.8. The first-order valence-corrected chi connectivity index (χ1v) is 17.2. The van der Waals surface area contributed by atoms with Gasteiger partial charge < -0.3 is 8.83 Å². The maximum absolute atomic E-state index is 6.43. The van der Waals surface area contributed by atoms with Crippen LogP contribution in [0.3, 0.4) is 0 Å². The van der Waals surface area contributed by atoms with Crippen molar-refractivity contribution < 1.29 is 8.83 Å². The van der Waals surface area contributed by atoms with Gasteiger partial charge >= 0.3 is 0 Å². The summed E-state index contributed by atoms with van der Waals surface area (Å²) in [7, 11) is 0. The summed E-state index contributed by atoms with van der Waals surface area (Å²) in [5.74, 6) is 2.40. The molecule has 0 unspecified atom stereocenters. The Hall–Kier alpha value is -7.18. The molecule has 6 heteroatoms. The van der Waals surface area contributed by atoms with Gasteiger partial charge in [0.2, 0.25) is 5.89 Å². The van der Waals surface area contributed by atoms with Crippen molar-refractivity contribution in [3.8, 4) is 45.6 Å². The third-order valence-corrected chi connectivity index (χ3v) is 9.93. The molecule has 0 spiro atoms. The molecule has 0 atom stereocenters. The van der Waals surface area contributed by atoms with Gasteiger partial charge in [0, 0.05) is 27.6 Å². The van der Waals surface area contributed by atoms with Crippen LogP contribution in [0.25, 0.3) is 111 Å². The largest absolute Gasteiger partial charge is 0.456 e. The van der Waals surface area contributed by atoms with E-state index in [2.05, 4.69) is 109 Å². The van der Waals surface area contributed by atoms with E-state index >= 15 is 0 Å². The van der Waals surface area contributed by atoms with Crippen LogP contribution >= 0.6 is 0 Å². The molecule has 0 saturated heterocycles. The molecular weight excluding hydrogens is 641 g/mol. The number of aromatic nitrogens is 4. The Labute approximate surface area is 296 Å². The molecule has 242 valence electrons. The zero-order valence-electron chi connectivity index (χ0n) is 27.6.